The zero-order chi connectivity index (χ0) is 12.3. The standard InChI is InChI=1S/C13H18N4/c1-10-9-17(2)7-5-11(10)16-12-4-3-6-15-13(12)8-14/h3-4,6,10-11,16H,5,7,9H2,1-2H3. The summed E-state index contributed by atoms with van der Waals surface area (Å²) in [7, 11) is 2.15. The van der Waals surface area contributed by atoms with Gasteiger partial charge in [-0.1, -0.05) is 6.92 Å². The molecule has 1 N–H and O–H groups in total. The summed E-state index contributed by atoms with van der Waals surface area (Å²) < 4.78 is 0. The second-order valence-corrected chi connectivity index (χ2v) is 4.79. The Bertz CT molecular complexity index is 424. The molecule has 1 fully saturated rings. The smallest absolute Gasteiger partial charge is 0.163 e. The van der Waals surface area contributed by atoms with E-state index in [2.05, 4.69) is 35.2 Å². The number of likely N-dealkylation sites (tertiary alicyclic amines) is 1. The van der Waals surface area contributed by atoms with Gasteiger partial charge < -0.3 is 10.2 Å². The van der Waals surface area contributed by atoms with E-state index in [-0.39, 0.29) is 0 Å². The fourth-order valence-corrected chi connectivity index (χ4v) is 2.38. The van der Waals surface area contributed by atoms with Gasteiger partial charge in [0.2, 0.25) is 0 Å². The molecular weight excluding hydrogens is 212 g/mol. The quantitative estimate of drug-likeness (QED) is 0.840. The molecule has 4 heteroatoms. The van der Waals surface area contributed by atoms with Crippen LogP contribution in [0.25, 0.3) is 0 Å². The predicted octanol–water partition coefficient (Wildman–Crippen LogP) is 1.71. The fraction of sp³-hybridized carbons (Fsp3) is 0.538. The molecule has 0 spiro atoms. The Labute approximate surface area is 102 Å². The molecule has 0 radical (unpaired) electrons. The highest BCUT2D eigenvalue weighted by molar-refractivity contribution is 5.54. The van der Waals surface area contributed by atoms with Gasteiger partial charge in [0.05, 0.1) is 5.69 Å². The zero-order valence-corrected chi connectivity index (χ0v) is 10.3. The van der Waals surface area contributed by atoms with Crippen molar-refractivity contribution < 1.29 is 0 Å². The van der Waals surface area contributed by atoms with Crippen molar-refractivity contribution in [3.8, 4) is 6.07 Å². The van der Waals surface area contributed by atoms with Crippen molar-refractivity contribution in [1.82, 2.24) is 9.88 Å². The molecule has 0 saturated carbocycles. The average Bonchev–Trinajstić information content (AvgIpc) is 2.33. The third-order valence-electron chi connectivity index (χ3n) is 3.36. The summed E-state index contributed by atoms with van der Waals surface area (Å²) in [4.78, 5) is 6.41. The SMILES string of the molecule is CC1CN(C)CCC1Nc1cccnc1C#N. The summed E-state index contributed by atoms with van der Waals surface area (Å²) in [6.45, 7) is 4.44. The lowest BCUT2D eigenvalue weighted by Crippen LogP contribution is -2.43. The number of nitrogens with one attached hydrogen (secondary N) is 1. The molecule has 2 atom stereocenters. The van der Waals surface area contributed by atoms with E-state index in [4.69, 9.17) is 5.26 Å². The number of nitriles is 1. The number of aromatic nitrogens is 1. The van der Waals surface area contributed by atoms with Gasteiger partial charge in [-0.05, 0) is 38.1 Å². The molecule has 90 valence electrons. The van der Waals surface area contributed by atoms with Crippen molar-refractivity contribution in [3.63, 3.8) is 0 Å². The lowest BCUT2D eigenvalue weighted by molar-refractivity contribution is 0.206. The van der Waals surface area contributed by atoms with E-state index >= 15 is 0 Å². The van der Waals surface area contributed by atoms with Crippen molar-refractivity contribution in [2.75, 3.05) is 25.5 Å². The molecule has 4 nitrogen and oxygen atoms in total. The van der Waals surface area contributed by atoms with Crippen LogP contribution in [0.1, 0.15) is 19.0 Å². The topological polar surface area (TPSA) is 52.0 Å². The van der Waals surface area contributed by atoms with Crippen LogP contribution in [-0.4, -0.2) is 36.1 Å². The fourth-order valence-electron chi connectivity index (χ4n) is 2.38. The van der Waals surface area contributed by atoms with Gasteiger partial charge in [-0.3, -0.25) is 0 Å². The number of piperidine rings is 1. The van der Waals surface area contributed by atoms with Gasteiger partial charge >= 0.3 is 0 Å². The van der Waals surface area contributed by atoms with Crippen molar-refractivity contribution in [2.45, 2.75) is 19.4 Å². The molecule has 1 saturated heterocycles. The van der Waals surface area contributed by atoms with E-state index in [1.165, 1.54) is 0 Å². The molecule has 2 unspecified atom stereocenters. The minimum absolute atomic E-state index is 0.433. The highest BCUT2D eigenvalue weighted by Crippen LogP contribution is 2.21. The van der Waals surface area contributed by atoms with Crippen LogP contribution in [0.5, 0.6) is 0 Å². The average molecular weight is 230 g/mol. The molecule has 0 aliphatic carbocycles. The summed E-state index contributed by atoms with van der Waals surface area (Å²) >= 11 is 0. The molecule has 0 bridgehead atoms. The van der Waals surface area contributed by atoms with Crippen LogP contribution < -0.4 is 5.32 Å². The van der Waals surface area contributed by atoms with Gasteiger partial charge in [0, 0.05) is 18.8 Å². The van der Waals surface area contributed by atoms with Crippen LogP contribution in [0.2, 0.25) is 0 Å². The minimum atomic E-state index is 0.433. The summed E-state index contributed by atoms with van der Waals surface area (Å²) in [6, 6.07) is 6.35. The van der Waals surface area contributed by atoms with E-state index in [1.807, 2.05) is 12.1 Å². The Kier molecular flexibility index (Phi) is 3.60. The molecule has 1 aliphatic heterocycles. The Morgan fingerprint density at radius 3 is 3.12 bits per heavy atom. The van der Waals surface area contributed by atoms with E-state index in [0.717, 1.165) is 25.2 Å². The van der Waals surface area contributed by atoms with E-state index in [0.29, 0.717) is 17.7 Å². The van der Waals surface area contributed by atoms with Gasteiger partial charge in [-0.2, -0.15) is 5.26 Å². The molecule has 0 amide bonds. The maximum absolute atomic E-state index is 9.00. The maximum atomic E-state index is 9.00. The van der Waals surface area contributed by atoms with Crippen LogP contribution >= 0.6 is 0 Å². The summed E-state index contributed by atoms with van der Waals surface area (Å²) in [5.74, 6) is 0.584. The van der Waals surface area contributed by atoms with Crippen LogP contribution in [0.15, 0.2) is 18.3 Å². The molecular formula is C13H18N4. The Balaban J connectivity index is 2.08. The van der Waals surface area contributed by atoms with Gasteiger partial charge in [0.15, 0.2) is 5.69 Å². The first-order valence-corrected chi connectivity index (χ1v) is 6.01. The van der Waals surface area contributed by atoms with Gasteiger partial charge in [-0.25, -0.2) is 4.98 Å². The number of rotatable bonds is 2. The first kappa shape index (κ1) is 11.9. The molecule has 0 aromatic carbocycles. The molecule has 1 aromatic heterocycles. The van der Waals surface area contributed by atoms with Crippen molar-refractivity contribution in [2.24, 2.45) is 5.92 Å². The van der Waals surface area contributed by atoms with Gasteiger partial charge in [0.1, 0.15) is 6.07 Å². The second-order valence-electron chi connectivity index (χ2n) is 4.79. The number of pyridine rings is 1. The van der Waals surface area contributed by atoms with Gasteiger partial charge in [0.25, 0.3) is 0 Å². The Morgan fingerprint density at radius 2 is 2.41 bits per heavy atom. The first-order valence-electron chi connectivity index (χ1n) is 6.01. The molecule has 17 heavy (non-hydrogen) atoms. The van der Waals surface area contributed by atoms with Crippen LogP contribution in [0.4, 0.5) is 5.69 Å². The lowest BCUT2D eigenvalue weighted by Gasteiger charge is -2.35. The van der Waals surface area contributed by atoms with E-state index < -0.39 is 0 Å². The summed E-state index contributed by atoms with van der Waals surface area (Å²) in [5.41, 5.74) is 1.34. The van der Waals surface area contributed by atoms with Crippen molar-refractivity contribution in [3.05, 3.63) is 24.0 Å². The summed E-state index contributed by atoms with van der Waals surface area (Å²) in [5, 5.41) is 12.5. The highest BCUT2D eigenvalue weighted by atomic mass is 15.1. The molecule has 1 aromatic rings. The number of anilines is 1. The van der Waals surface area contributed by atoms with Crippen LogP contribution in [0.3, 0.4) is 0 Å². The Morgan fingerprint density at radius 1 is 1.59 bits per heavy atom. The number of hydrogen-bond acceptors (Lipinski definition) is 4. The third kappa shape index (κ3) is 2.75. The van der Waals surface area contributed by atoms with Crippen molar-refractivity contribution >= 4 is 5.69 Å². The van der Waals surface area contributed by atoms with E-state index in [9.17, 15) is 0 Å². The minimum Gasteiger partial charge on any atom is -0.380 e. The van der Waals surface area contributed by atoms with Crippen LogP contribution in [-0.2, 0) is 0 Å². The highest BCUT2D eigenvalue weighted by Gasteiger charge is 2.24. The third-order valence-corrected chi connectivity index (χ3v) is 3.36. The van der Waals surface area contributed by atoms with E-state index in [1.54, 1.807) is 6.20 Å². The number of nitrogens with zero attached hydrogens (tertiary/aromatic N) is 3. The van der Waals surface area contributed by atoms with Crippen LogP contribution in [0, 0.1) is 17.2 Å². The first-order chi connectivity index (χ1) is 8.20. The second kappa shape index (κ2) is 5.15. The number of hydrogen-bond donors (Lipinski definition) is 1. The zero-order valence-electron chi connectivity index (χ0n) is 10.3. The summed E-state index contributed by atoms with van der Waals surface area (Å²) in [6.07, 6.45) is 2.76. The van der Waals surface area contributed by atoms with Gasteiger partial charge in [-0.15, -0.1) is 0 Å². The lowest BCUT2D eigenvalue weighted by atomic mass is 9.94. The largest absolute Gasteiger partial charge is 0.380 e. The molecule has 2 heterocycles. The molecule has 1 aliphatic rings. The molecule has 2 rings (SSSR count). The van der Waals surface area contributed by atoms with Crippen molar-refractivity contribution in [1.29, 1.82) is 5.26 Å². The normalized spacial score (nSPS) is 25.2. The Hall–Kier alpha value is -1.60. The predicted molar refractivity (Wildman–Crippen MR) is 67.6 cm³/mol. The monoisotopic (exact) mass is 230 g/mol. The maximum Gasteiger partial charge on any atom is 0.163 e.